The summed E-state index contributed by atoms with van der Waals surface area (Å²) in [4.78, 5) is 48.8. The molecule has 0 fully saturated rings. The Hall–Kier alpha value is -2.16. The van der Waals surface area contributed by atoms with Gasteiger partial charge in [0, 0.05) is 0 Å². The lowest BCUT2D eigenvalue weighted by atomic mass is 9.96. The van der Waals surface area contributed by atoms with E-state index in [0.29, 0.717) is 6.42 Å². The van der Waals surface area contributed by atoms with E-state index in [1.54, 1.807) is 20.8 Å². The van der Waals surface area contributed by atoms with E-state index in [4.69, 9.17) is 5.73 Å². The fourth-order valence-corrected chi connectivity index (χ4v) is 2.62. The van der Waals surface area contributed by atoms with E-state index in [1.807, 2.05) is 20.8 Å². The Morgan fingerprint density at radius 3 is 1.66 bits per heavy atom. The summed E-state index contributed by atoms with van der Waals surface area (Å²) in [5, 5.41) is 17.0. The zero-order chi connectivity index (χ0) is 22.9. The lowest BCUT2D eigenvalue weighted by Crippen LogP contribution is -2.58. The van der Waals surface area contributed by atoms with Crippen LogP contribution in [0.5, 0.6) is 0 Å². The molecule has 29 heavy (non-hydrogen) atoms. The van der Waals surface area contributed by atoms with Crippen molar-refractivity contribution in [2.45, 2.75) is 85.5 Å². The van der Waals surface area contributed by atoms with Crippen molar-refractivity contribution < 1.29 is 24.3 Å². The molecule has 3 amide bonds. The molecule has 0 aliphatic rings. The van der Waals surface area contributed by atoms with Crippen molar-refractivity contribution in [1.82, 2.24) is 16.0 Å². The number of nitrogens with two attached hydrogens (primary N) is 1. The largest absolute Gasteiger partial charge is 0.480 e. The van der Waals surface area contributed by atoms with Crippen molar-refractivity contribution in [3.63, 3.8) is 0 Å². The number of carbonyl (C=O) groups is 4. The molecule has 0 saturated carbocycles. The van der Waals surface area contributed by atoms with Gasteiger partial charge < -0.3 is 26.8 Å². The topological polar surface area (TPSA) is 151 Å². The number of hydrogen-bond acceptors (Lipinski definition) is 5. The second kappa shape index (κ2) is 12.4. The van der Waals surface area contributed by atoms with Gasteiger partial charge in [-0.2, -0.15) is 0 Å². The van der Waals surface area contributed by atoms with Gasteiger partial charge in [-0.15, -0.1) is 0 Å². The molecule has 9 heteroatoms. The average Bonchev–Trinajstić information content (AvgIpc) is 2.66. The zero-order valence-corrected chi connectivity index (χ0v) is 18.6. The first kappa shape index (κ1) is 26.8. The highest BCUT2D eigenvalue weighted by Gasteiger charge is 2.32. The Balaban J connectivity index is 5.18. The van der Waals surface area contributed by atoms with E-state index in [2.05, 4.69) is 16.0 Å². The summed E-state index contributed by atoms with van der Waals surface area (Å²) in [5.41, 5.74) is 5.89. The van der Waals surface area contributed by atoms with Gasteiger partial charge in [-0.05, 0) is 24.7 Å². The Morgan fingerprint density at radius 1 is 0.759 bits per heavy atom. The van der Waals surface area contributed by atoms with Crippen molar-refractivity contribution in [1.29, 1.82) is 0 Å². The fourth-order valence-electron chi connectivity index (χ4n) is 2.62. The minimum Gasteiger partial charge on any atom is -0.480 e. The number of carbonyl (C=O) groups excluding carboxylic acids is 3. The standard InChI is InChI=1S/C20H38N4O5/c1-8-11(5)14(21)18(26)22-13(7)17(25)24-16(12(6)9-2)19(27)23-15(10(3)4)20(28)29/h10-16H,8-9,21H2,1-7H3,(H,22,26)(H,23,27)(H,24,25)(H,28,29). The smallest absolute Gasteiger partial charge is 0.326 e. The first-order valence-corrected chi connectivity index (χ1v) is 10.3. The van der Waals surface area contributed by atoms with Crippen LogP contribution in [0, 0.1) is 17.8 Å². The number of carboxylic acids is 1. The van der Waals surface area contributed by atoms with Crippen molar-refractivity contribution in [3.05, 3.63) is 0 Å². The Kier molecular flexibility index (Phi) is 11.5. The summed E-state index contributed by atoms with van der Waals surface area (Å²) < 4.78 is 0. The summed E-state index contributed by atoms with van der Waals surface area (Å²) in [6, 6.07) is -3.60. The van der Waals surface area contributed by atoms with Crippen LogP contribution >= 0.6 is 0 Å². The van der Waals surface area contributed by atoms with E-state index in [0.717, 1.165) is 6.42 Å². The normalized spacial score (nSPS) is 17.4. The quantitative estimate of drug-likeness (QED) is 0.316. The van der Waals surface area contributed by atoms with Gasteiger partial charge in [0.1, 0.15) is 18.1 Å². The van der Waals surface area contributed by atoms with Crippen molar-refractivity contribution >= 4 is 23.7 Å². The third-order valence-corrected chi connectivity index (χ3v) is 5.34. The van der Waals surface area contributed by atoms with Crippen LogP contribution in [0.4, 0.5) is 0 Å². The average molecular weight is 415 g/mol. The maximum absolute atomic E-state index is 12.7. The van der Waals surface area contributed by atoms with Gasteiger partial charge in [-0.3, -0.25) is 14.4 Å². The van der Waals surface area contributed by atoms with Gasteiger partial charge in [0.25, 0.3) is 0 Å². The van der Waals surface area contributed by atoms with Gasteiger partial charge >= 0.3 is 5.97 Å². The predicted octanol–water partition coefficient (Wildman–Crippen LogP) is 0.621. The third-order valence-electron chi connectivity index (χ3n) is 5.34. The number of rotatable bonds is 12. The second-order valence-corrected chi connectivity index (χ2v) is 8.08. The molecule has 9 nitrogen and oxygen atoms in total. The highest BCUT2D eigenvalue weighted by atomic mass is 16.4. The van der Waals surface area contributed by atoms with Gasteiger partial charge in [0.05, 0.1) is 6.04 Å². The van der Waals surface area contributed by atoms with Crippen LogP contribution in [0.25, 0.3) is 0 Å². The Bertz CT molecular complexity index is 581. The van der Waals surface area contributed by atoms with Crippen LogP contribution in [0.1, 0.15) is 61.3 Å². The molecule has 0 bridgehead atoms. The molecule has 0 saturated heterocycles. The maximum atomic E-state index is 12.7. The van der Waals surface area contributed by atoms with Crippen molar-refractivity contribution in [2.24, 2.45) is 23.5 Å². The highest BCUT2D eigenvalue weighted by molar-refractivity contribution is 5.94. The minimum atomic E-state index is -1.14. The zero-order valence-electron chi connectivity index (χ0n) is 18.6. The van der Waals surface area contributed by atoms with Crippen LogP contribution < -0.4 is 21.7 Å². The number of aliphatic carboxylic acids is 1. The monoisotopic (exact) mass is 414 g/mol. The molecule has 0 radical (unpaired) electrons. The van der Waals surface area contributed by atoms with Crippen LogP contribution in [-0.4, -0.2) is 53.0 Å². The first-order chi connectivity index (χ1) is 13.4. The molecule has 0 aromatic heterocycles. The molecular formula is C20H38N4O5. The maximum Gasteiger partial charge on any atom is 0.326 e. The molecule has 0 aliphatic heterocycles. The van der Waals surface area contributed by atoms with E-state index >= 15 is 0 Å². The SMILES string of the molecule is CCC(C)C(N)C(=O)NC(C)C(=O)NC(C(=O)NC(C(=O)O)C(C)C)C(C)CC. The van der Waals surface area contributed by atoms with Crippen LogP contribution in [0.15, 0.2) is 0 Å². The van der Waals surface area contributed by atoms with Gasteiger partial charge in [0.15, 0.2) is 0 Å². The summed E-state index contributed by atoms with van der Waals surface area (Å²) in [5.74, 6) is -3.25. The van der Waals surface area contributed by atoms with Crippen molar-refractivity contribution in [2.75, 3.05) is 0 Å². The molecule has 0 aromatic carbocycles. The van der Waals surface area contributed by atoms with E-state index in [9.17, 15) is 24.3 Å². The molecule has 6 atom stereocenters. The van der Waals surface area contributed by atoms with Gasteiger partial charge in [0.2, 0.25) is 17.7 Å². The van der Waals surface area contributed by atoms with Crippen LogP contribution in [0.3, 0.4) is 0 Å². The number of hydrogen-bond donors (Lipinski definition) is 5. The molecule has 0 spiro atoms. The summed E-state index contributed by atoms with van der Waals surface area (Å²) in [7, 11) is 0. The number of carboxylic acid groups (broad SMARTS) is 1. The lowest BCUT2D eigenvalue weighted by molar-refractivity contribution is -0.144. The summed E-state index contributed by atoms with van der Waals surface area (Å²) in [6.07, 6.45) is 1.32. The molecule has 0 aromatic rings. The van der Waals surface area contributed by atoms with E-state index in [1.165, 1.54) is 6.92 Å². The minimum absolute atomic E-state index is 0.0344. The highest BCUT2D eigenvalue weighted by Crippen LogP contribution is 2.11. The molecule has 0 aliphatic carbocycles. The molecule has 0 heterocycles. The molecule has 6 N–H and O–H groups in total. The third kappa shape index (κ3) is 8.39. The number of amides is 3. The molecular weight excluding hydrogens is 376 g/mol. The Labute approximate surface area is 173 Å². The predicted molar refractivity (Wildman–Crippen MR) is 111 cm³/mol. The van der Waals surface area contributed by atoms with Gasteiger partial charge in [-0.1, -0.05) is 54.4 Å². The van der Waals surface area contributed by atoms with Crippen molar-refractivity contribution in [3.8, 4) is 0 Å². The lowest BCUT2D eigenvalue weighted by Gasteiger charge is -2.28. The van der Waals surface area contributed by atoms with Crippen LogP contribution in [-0.2, 0) is 19.2 Å². The molecule has 168 valence electrons. The summed E-state index contributed by atoms with van der Waals surface area (Å²) >= 11 is 0. The van der Waals surface area contributed by atoms with E-state index in [-0.39, 0.29) is 17.8 Å². The fraction of sp³-hybridized carbons (Fsp3) is 0.800. The van der Waals surface area contributed by atoms with E-state index < -0.39 is 47.9 Å². The molecule has 0 rings (SSSR count). The molecule has 6 unspecified atom stereocenters. The number of nitrogens with one attached hydrogen (secondary N) is 3. The Morgan fingerprint density at radius 2 is 1.24 bits per heavy atom. The van der Waals surface area contributed by atoms with Gasteiger partial charge in [-0.25, -0.2) is 4.79 Å². The first-order valence-electron chi connectivity index (χ1n) is 10.3. The van der Waals surface area contributed by atoms with Crippen LogP contribution in [0.2, 0.25) is 0 Å². The summed E-state index contributed by atoms with van der Waals surface area (Å²) in [6.45, 7) is 12.3. The second-order valence-electron chi connectivity index (χ2n) is 8.08.